The molecule has 1 amide bonds. The minimum atomic E-state index is -0.635. The van der Waals surface area contributed by atoms with Crippen LogP contribution in [-0.4, -0.2) is 23.7 Å². The molecule has 2 aliphatic rings. The number of carbonyl (C=O) groups is 1. The van der Waals surface area contributed by atoms with Crippen LogP contribution in [0.2, 0.25) is 0 Å². The van der Waals surface area contributed by atoms with Crippen LogP contribution in [0.15, 0.2) is 42.5 Å². The molecule has 2 unspecified atom stereocenters. The van der Waals surface area contributed by atoms with Crippen LogP contribution < -0.4 is 5.32 Å². The Morgan fingerprint density at radius 2 is 1.91 bits per heavy atom. The van der Waals surface area contributed by atoms with E-state index in [2.05, 4.69) is 5.32 Å². The standard InChI is InChI=1S/C19H19NO3/c21-18-15-6-2-1-5-13(15)14-9-8-12(11-16(14)18)20-19(22)17-7-3-4-10-23-17/h1-2,5-6,8-9,11,17-18,21H,3-4,7,10H2,(H,20,22). The van der Waals surface area contributed by atoms with Crippen molar-refractivity contribution >= 4 is 11.6 Å². The zero-order chi connectivity index (χ0) is 15.8. The highest BCUT2D eigenvalue weighted by Gasteiger charge is 2.27. The second-order valence-corrected chi connectivity index (χ2v) is 6.14. The Hall–Kier alpha value is -2.17. The van der Waals surface area contributed by atoms with Gasteiger partial charge < -0.3 is 15.2 Å². The van der Waals surface area contributed by atoms with Gasteiger partial charge >= 0.3 is 0 Å². The molecule has 118 valence electrons. The van der Waals surface area contributed by atoms with E-state index in [1.165, 1.54) is 0 Å². The monoisotopic (exact) mass is 309 g/mol. The van der Waals surface area contributed by atoms with Crippen molar-refractivity contribution in [2.45, 2.75) is 31.5 Å². The molecule has 2 aromatic rings. The number of aliphatic hydroxyl groups is 1. The van der Waals surface area contributed by atoms with Crippen LogP contribution >= 0.6 is 0 Å². The molecule has 4 heteroatoms. The number of hydrogen-bond donors (Lipinski definition) is 2. The molecule has 0 saturated carbocycles. The molecule has 1 aliphatic carbocycles. The number of aliphatic hydroxyl groups excluding tert-OH is 1. The van der Waals surface area contributed by atoms with E-state index in [9.17, 15) is 9.90 Å². The van der Waals surface area contributed by atoms with Crippen molar-refractivity contribution in [2.75, 3.05) is 11.9 Å². The Morgan fingerprint density at radius 1 is 1.09 bits per heavy atom. The Balaban J connectivity index is 1.58. The van der Waals surface area contributed by atoms with Crippen molar-refractivity contribution in [3.63, 3.8) is 0 Å². The van der Waals surface area contributed by atoms with E-state index >= 15 is 0 Å². The van der Waals surface area contributed by atoms with Gasteiger partial charge in [0.15, 0.2) is 0 Å². The van der Waals surface area contributed by atoms with Gasteiger partial charge in [0.1, 0.15) is 12.2 Å². The lowest BCUT2D eigenvalue weighted by atomic mass is 10.0. The van der Waals surface area contributed by atoms with Gasteiger partial charge in [0.05, 0.1) is 0 Å². The molecule has 2 atom stereocenters. The zero-order valence-corrected chi connectivity index (χ0v) is 12.8. The first-order chi connectivity index (χ1) is 11.2. The molecule has 1 aliphatic heterocycles. The van der Waals surface area contributed by atoms with E-state index in [1.54, 1.807) is 0 Å². The Kier molecular flexibility index (Phi) is 3.63. The number of benzene rings is 2. The summed E-state index contributed by atoms with van der Waals surface area (Å²) in [5.74, 6) is -0.102. The van der Waals surface area contributed by atoms with Gasteiger partial charge in [0, 0.05) is 12.3 Å². The molecule has 1 saturated heterocycles. The maximum atomic E-state index is 12.3. The van der Waals surface area contributed by atoms with Gasteiger partial charge in [-0.25, -0.2) is 0 Å². The van der Waals surface area contributed by atoms with E-state index in [-0.39, 0.29) is 12.0 Å². The van der Waals surface area contributed by atoms with Gasteiger partial charge in [-0.1, -0.05) is 30.3 Å². The third-order valence-electron chi connectivity index (χ3n) is 4.63. The molecule has 0 bridgehead atoms. The number of amides is 1. The zero-order valence-electron chi connectivity index (χ0n) is 12.8. The first-order valence-electron chi connectivity index (χ1n) is 8.08. The topological polar surface area (TPSA) is 58.6 Å². The summed E-state index contributed by atoms with van der Waals surface area (Å²) < 4.78 is 5.51. The molecule has 2 N–H and O–H groups in total. The minimum Gasteiger partial charge on any atom is -0.384 e. The number of rotatable bonds is 2. The lowest BCUT2D eigenvalue weighted by molar-refractivity contribution is -0.129. The van der Waals surface area contributed by atoms with Crippen molar-refractivity contribution in [1.29, 1.82) is 0 Å². The average Bonchev–Trinajstić information content (AvgIpc) is 2.89. The Labute approximate surface area is 135 Å². The molecule has 1 fully saturated rings. The third-order valence-corrected chi connectivity index (χ3v) is 4.63. The van der Waals surface area contributed by atoms with Gasteiger partial charge in [-0.3, -0.25) is 4.79 Å². The lowest BCUT2D eigenvalue weighted by Gasteiger charge is -2.21. The van der Waals surface area contributed by atoms with Crippen molar-refractivity contribution < 1.29 is 14.6 Å². The molecule has 23 heavy (non-hydrogen) atoms. The number of ether oxygens (including phenoxy) is 1. The molecule has 0 aromatic heterocycles. The molecule has 4 nitrogen and oxygen atoms in total. The second kappa shape index (κ2) is 5.80. The molecule has 4 rings (SSSR count). The normalized spacial score (nSPS) is 22.3. The van der Waals surface area contributed by atoms with Crippen LogP contribution in [0.5, 0.6) is 0 Å². The van der Waals surface area contributed by atoms with Gasteiger partial charge in [-0.05, 0) is 53.6 Å². The van der Waals surface area contributed by atoms with Gasteiger partial charge in [0.25, 0.3) is 5.91 Å². The number of anilines is 1. The maximum absolute atomic E-state index is 12.3. The number of hydrogen-bond acceptors (Lipinski definition) is 3. The van der Waals surface area contributed by atoms with E-state index < -0.39 is 6.10 Å². The Bertz CT molecular complexity index is 750. The summed E-state index contributed by atoms with van der Waals surface area (Å²) >= 11 is 0. The summed E-state index contributed by atoms with van der Waals surface area (Å²) in [4.78, 5) is 12.3. The van der Waals surface area contributed by atoms with Gasteiger partial charge in [-0.15, -0.1) is 0 Å². The van der Waals surface area contributed by atoms with Crippen LogP contribution in [0, 0.1) is 0 Å². The SMILES string of the molecule is O=C(Nc1ccc2c(c1)C(O)c1ccccc1-2)C1CCCCO1. The number of nitrogens with one attached hydrogen (secondary N) is 1. The highest BCUT2D eigenvalue weighted by atomic mass is 16.5. The summed E-state index contributed by atoms with van der Waals surface area (Å²) in [6.45, 7) is 0.649. The molecule has 0 radical (unpaired) electrons. The summed E-state index contributed by atoms with van der Waals surface area (Å²) in [5.41, 5.74) is 4.55. The fraction of sp³-hybridized carbons (Fsp3) is 0.316. The molecule has 2 aromatic carbocycles. The first kappa shape index (κ1) is 14.4. The highest BCUT2D eigenvalue weighted by molar-refractivity contribution is 5.95. The lowest BCUT2D eigenvalue weighted by Crippen LogP contribution is -2.33. The van der Waals surface area contributed by atoms with Crippen molar-refractivity contribution in [1.82, 2.24) is 0 Å². The first-order valence-corrected chi connectivity index (χ1v) is 8.08. The van der Waals surface area contributed by atoms with Crippen LogP contribution in [0.3, 0.4) is 0 Å². The fourth-order valence-electron chi connectivity index (χ4n) is 3.43. The maximum Gasteiger partial charge on any atom is 0.253 e. The summed E-state index contributed by atoms with van der Waals surface area (Å²) in [6, 6.07) is 13.6. The van der Waals surface area contributed by atoms with E-state index in [4.69, 9.17) is 4.74 Å². The molecule has 1 heterocycles. The predicted octanol–water partition coefficient (Wildman–Crippen LogP) is 3.26. The summed E-state index contributed by atoms with van der Waals surface area (Å²) in [6.07, 6.45) is 1.82. The quantitative estimate of drug-likeness (QED) is 0.895. The molecular formula is C19H19NO3. The summed E-state index contributed by atoms with van der Waals surface area (Å²) in [7, 11) is 0. The smallest absolute Gasteiger partial charge is 0.253 e. The van der Waals surface area contributed by atoms with Crippen LogP contribution in [0.1, 0.15) is 36.5 Å². The van der Waals surface area contributed by atoms with Crippen molar-refractivity contribution in [3.8, 4) is 11.1 Å². The highest BCUT2D eigenvalue weighted by Crippen LogP contribution is 2.44. The molecular weight excluding hydrogens is 290 g/mol. The van der Waals surface area contributed by atoms with Crippen LogP contribution in [-0.2, 0) is 9.53 Å². The number of carbonyl (C=O) groups excluding carboxylic acids is 1. The van der Waals surface area contributed by atoms with Gasteiger partial charge in [-0.2, -0.15) is 0 Å². The number of fused-ring (bicyclic) bond motifs is 3. The molecule has 0 spiro atoms. The fourth-order valence-corrected chi connectivity index (χ4v) is 3.43. The van der Waals surface area contributed by atoms with Crippen LogP contribution in [0.4, 0.5) is 5.69 Å². The second-order valence-electron chi connectivity index (χ2n) is 6.14. The summed E-state index contributed by atoms with van der Waals surface area (Å²) in [5, 5.41) is 13.4. The predicted molar refractivity (Wildman–Crippen MR) is 88.2 cm³/mol. The van der Waals surface area contributed by atoms with E-state index in [1.807, 2.05) is 42.5 Å². The minimum absolute atomic E-state index is 0.102. The third kappa shape index (κ3) is 2.54. The Morgan fingerprint density at radius 3 is 2.74 bits per heavy atom. The van der Waals surface area contributed by atoms with Gasteiger partial charge in [0.2, 0.25) is 0 Å². The van der Waals surface area contributed by atoms with Crippen molar-refractivity contribution in [3.05, 3.63) is 53.6 Å². The van der Waals surface area contributed by atoms with E-state index in [0.717, 1.165) is 41.5 Å². The van der Waals surface area contributed by atoms with Crippen molar-refractivity contribution in [2.24, 2.45) is 0 Å². The average molecular weight is 309 g/mol. The van der Waals surface area contributed by atoms with Crippen LogP contribution in [0.25, 0.3) is 11.1 Å². The largest absolute Gasteiger partial charge is 0.384 e. The van der Waals surface area contributed by atoms with E-state index in [0.29, 0.717) is 12.3 Å².